The van der Waals surface area contributed by atoms with E-state index in [2.05, 4.69) is 66.5 Å². The van der Waals surface area contributed by atoms with Gasteiger partial charge in [-0.25, -0.2) is 0 Å². The standard InChI is InChI=1S/C22H22N2O/c1-16-7-9-18(10-8-16)21(20-6-4-3-5-17(20)2)15-22(24-25)19-11-13-23-14-12-19/h3-14,21-22H,15H2,1-2H3. The molecule has 0 amide bonds. The van der Waals surface area contributed by atoms with Gasteiger partial charge in [0, 0.05) is 18.3 Å². The molecule has 0 bridgehead atoms. The van der Waals surface area contributed by atoms with E-state index >= 15 is 0 Å². The fraction of sp³-hybridized carbons (Fsp3) is 0.227. The Hall–Kier alpha value is -2.81. The summed E-state index contributed by atoms with van der Waals surface area (Å²) < 4.78 is 0. The Morgan fingerprint density at radius 3 is 2.20 bits per heavy atom. The summed E-state index contributed by atoms with van der Waals surface area (Å²) in [4.78, 5) is 15.6. The molecule has 0 saturated heterocycles. The number of benzene rings is 2. The van der Waals surface area contributed by atoms with E-state index in [0.29, 0.717) is 6.42 Å². The Kier molecular flexibility index (Phi) is 5.34. The van der Waals surface area contributed by atoms with Gasteiger partial charge in [0.15, 0.2) is 0 Å². The Morgan fingerprint density at radius 1 is 0.880 bits per heavy atom. The average Bonchev–Trinajstić information content (AvgIpc) is 2.65. The van der Waals surface area contributed by atoms with Crippen LogP contribution in [0.4, 0.5) is 0 Å². The van der Waals surface area contributed by atoms with Crippen molar-refractivity contribution in [2.75, 3.05) is 0 Å². The van der Waals surface area contributed by atoms with E-state index < -0.39 is 6.04 Å². The van der Waals surface area contributed by atoms with Crippen molar-refractivity contribution in [2.45, 2.75) is 32.2 Å². The summed E-state index contributed by atoms with van der Waals surface area (Å²) in [6, 6.07) is 20.3. The maximum Gasteiger partial charge on any atom is 0.118 e. The second-order valence-corrected chi connectivity index (χ2v) is 6.46. The van der Waals surface area contributed by atoms with Gasteiger partial charge in [0.1, 0.15) is 6.04 Å². The third-order valence-electron chi connectivity index (χ3n) is 4.72. The zero-order valence-electron chi connectivity index (χ0n) is 14.6. The molecule has 3 nitrogen and oxygen atoms in total. The first-order valence-corrected chi connectivity index (χ1v) is 8.53. The Bertz CT molecular complexity index is 828. The van der Waals surface area contributed by atoms with Gasteiger partial charge in [-0.15, -0.1) is 0 Å². The molecule has 2 aromatic carbocycles. The van der Waals surface area contributed by atoms with Crippen LogP contribution in [0.3, 0.4) is 0 Å². The topological polar surface area (TPSA) is 42.3 Å². The minimum atomic E-state index is -0.395. The van der Waals surface area contributed by atoms with Crippen LogP contribution in [0.5, 0.6) is 0 Å². The monoisotopic (exact) mass is 330 g/mol. The molecular formula is C22H22N2O. The van der Waals surface area contributed by atoms with Crippen molar-refractivity contribution in [3.05, 3.63) is 106 Å². The van der Waals surface area contributed by atoms with E-state index in [-0.39, 0.29) is 5.92 Å². The molecule has 0 radical (unpaired) electrons. The molecule has 0 N–H and O–H groups in total. The zero-order chi connectivity index (χ0) is 17.6. The maximum atomic E-state index is 11.6. The van der Waals surface area contributed by atoms with E-state index in [1.54, 1.807) is 12.4 Å². The summed E-state index contributed by atoms with van der Waals surface area (Å²) in [7, 11) is 0. The number of hydrogen-bond donors (Lipinski definition) is 0. The lowest BCUT2D eigenvalue weighted by Crippen LogP contribution is -2.08. The number of hydrogen-bond acceptors (Lipinski definition) is 3. The van der Waals surface area contributed by atoms with Gasteiger partial charge in [-0.05, 0) is 54.7 Å². The highest BCUT2D eigenvalue weighted by molar-refractivity contribution is 5.39. The Labute approximate surface area is 148 Å². The molecule has 0 aliphatic carbocycles. The van der Waals surface area contributed by atoms with Gasteiger partial charge >= 0.3 is 0 Å². The lowest BCUT2D eigenvalue weighted by atomic mass is 9.82. The minimum Gasteiger partial charge on any atom is -0.265 e. The molecule has 3 heteroatoms. The van der Waals surface area contributed by atoms with Crippen molar-refractivity contribution < 1.29 is 0 Å². The first-order valence-electron chi connectivity index (χ1n) is 8.53. The maximum absolute atomic E-state index is 11.6. The van der Waals surface area contributed by atoms with Gasteiger partial charge in [-0.2, -0.15) is 4.91 Å². The summed E-state index contributed by atoms with van der Waals surface area (Å²) in [6.07, 6.45) is 4.06. The molecule has 0 aliphatic heterocycles. The van der Waals surface area contributed by atoms with Crippen molar-refractivity contribution in [1.29, 1.82) is 0 Å². The van der Waals surface area contributed by atoms with Crippen LogP contribution >= 0.6 is 0 Å². The molecule has 0 fully saturated rings. The van der Waals surface area contributed by atoms with Gasteiger partial charge < -0.3 is 0 Å². The lowest BCUT2D eigenvalue weighted by molar-refractivity contribution is 0.592. The van der Waals surface area contributed by atoms with E-state index in [1.165, 1.54) is 22.3 Å². The second kappa shape index (κ2) is 7.84. The predicted molar refractivity (Wildman–Crippen MR) is 102 cm³/mol. The Morgan fingerprint density at radius 2 is 1.56 bits per heavy atom. The SMILES string of the molecule is Cc1ccc(C(CC(N=O)c2ccncc2)c2ccccc2C)cc1. The lowest BCUT2D eigenvalue weighted by Gasteiger charge is -2.23. The fourth-order valence-electron chi connectivity index (χ4n) is 3.27. The van der Waals surface area contributed by atoms with Crippen molar-refractivity contribution in [3.63, 3.8) is 0 Å². The zero-order valence-corrected chi connectivity index (χ0v) is 14.6. The van der Waals surface area contributed by atoms with Gasteiger partial charge in [-0.3, -0.25) is 4.98 Å². The number of aryl methyl sites for hydroxylation is 2. The molecule has 2 atom stereocenters. The van der Waals surface area contributed by atoms with Gasteiger partial charge in [0.25, 0.3) is 0 Å². The van der Waals surface area contributed by atoms with Gasteiger partial charge in [-0.1, -0.05) is 59.3 Å². The molecule has 126 valence electrons. The minimum absolute atomic E-state index is 0.123. The quantitative estimate of drug-likeness (QED) is 0.542. The molecule has 1 aromatic heterocycles. The molecule has 2 unspecified atom stereocenters. The molecular weight excluding hydrogens is 308 g/mol. The molecule has 0 saturated carbocycles. The third kappa shape index (κ3) is 4.00. The molecule has 25 heavy (non-hydrogen) atoms. The average molecular weight is 330 g/mol. The van der Waals surface area contributed by atoms with Crippen LogP contribution in [-0.2, 0) is 0 Å². The van der Waals surface area contributed by atoms with E-state index in [9.17, 15) is 4.91 Å². The fourth-order valence-corrected chi connectivity index (χ4v) is 3.27. The number of aromatic nitrogens is 1. The van der Waals surface area contributed by atoms with Crippen LogP contribution in [0.25, 0.3) is 0 Å². The normalized spacial score (nSPS) is 13.2. The molecule has 0 spiro atoms. The highest BCUT2D eigenvalue weighted by atomic mass is 16.3. The summed E-state index contributed by atoms with van der Waals surface area (Å²) in [6.45, 7) is 4.20. The molecule has 3 rings (SSSR count). The van der Waals surface area contributed by atoms with E-state index in [4.69, 9.17) is 0 Å². The highest BCUT2D eigenvalue weighted by Crippen LogP contribution is 2.37. The van der Waals surface area contributed by atoms with Crippen molar-refractivity contribution in [2.24, 2.45) is 5.18 Å². The predicted octanol–water partition coefficient (Wildman–Crippen LogP) is 5.73. The van der Waals surface area contributed by atoms with E-state index in [1.807, 2.05) is 18.2 Å². The Balaban J connectivity index is 2.00. The van der Waals surface area contributed by atoms with Crippen LogP contribution < -0.4 is 0 Å². The van der Waals surface area contributed by atoms with Crippen LogP contribution in [0.2, 0.25) is 0 Å². The molecule has 1 heterocycles. The smallest absolute Gasteiger partial charge is 0.118 e. The van der Waals surface area contributed by atoms with Crippen molar-refractivity contribution in [1.82, 2.24) is 4.98 Å². The molecule has 3 aromatic rings. The molecule has 0 aliphatic rings. The first-order chi connectivity index (χ1) is 12.2. The van der Waals surface area contributed by atoms with Crippen LogP contribution in [0.1, 0.15) is 46.2 Å². The summed E-state index contributed by atoms with van der Waals surface area (Å²) >= 11 is 0. The largest absolute Gasteiger partial charge is 0.265 e. The van der Waals surface area contributed by atoms with Gasteiger partial charge in [0.2, 0.25) is 0 Å². The summed E-state index contributed by atoms with van der Waals surface area (Å²) in [5.41, 5.74) is 5.83. The van der Waals surface area contributed by atoms with Crippen LogP contribution in [-0.4, -0.2) is 4.98 Å². The van der Waals surface area contributed by atoms with Crippen molar-refractivity contribution >= 4 is 0 Å². The second-order valence-electron chi connectivity index (χ2n) is 6.46. The van der Waals surface area contributed by atoms with Crippen LogP contribution in [0.15, 0.2) is 78.2 Å². The number of nitrogens with zero attached hydrogens (tertiary/aromatic N) is 2. The highest BCUT2D eigenvalue weighted by Gasteiger charge is 2.23. The number of rotatable bonds is 6. The van der Waals surface area contributed by atoms with Crippen molar-refractivity contribution in [3.8, 4) is 0 Å². The number of nitroso groups, excluding NO2 is 1. The van der Waals surface area contributed by atoms with Gasteiger partial charge in [0.05, 0.1) is 0 Å². The van der Waals surface area contributed by atoms with Crippen LogP contribution in [0, 0.1) is 18.8 Å². The number of pyridine rings is 1. The summed E-state index contributed by atoms with van der Waals surface area (Å²) in [5, 5.41) is 3.42. The van der Waals surface area contributed by atoms with E-state index in [0.717, 1.165) is 5.56 Å². The summed E-state index contributed by atoms with van der Waals surface area (Å²) in [5.74, 6) is 0.123. The first kappa shape index (κ1) is 17.0. The third-order valence-corrected chi connectivity index (χ3v) is 4.72.